The van der Waals surface area contributed by atoms with Crippen molar-refractivity contribution in [2.75, 3.05) is 6.61 Å². The Morgan fingerprint density at radius 3 is 2.81 bits per heavy atom. The average molecular weight is 362 g/mol. The first-order valence-electron chi connectivity index (χ1n) is 8.65. The maximum Gasteiger partial charge on any atom is 0.337 e. The lowest BCUT2D eigenvalue weighted by molar-refractivity contribution is -0.140. The van der Waals surface area contributed by atoms with Gasteiger partial charge in [0.2, 0.25) is 0 Å². The van der Waals surface area contributed by atoms with Crippen LogP contribution in [0.4, 0.5) is 0 Å². The summed E-state index contributed by atoms with van der Waals surface area (Å²) in [5.74, 6) is 0.279. The van der Waals surface area contributed by atoms with E-state index in [2.05, 4.69) is 0 Å². The maximum atomic E-state index is 12.5. The van der Waals surface area contributed by atoms with Gasteiger partial charge in [0.1, 0.15) is 24.5 Å². The van der Waals surface area contributed by atoms with Gasteiger partial charge in [-0.1, -0.05) is 30.3 Å². The Morgan fingerprint density at radius 1 is 1.15 bits per heavy atom. The van der Waals surface area contributed by atoms with E-state index in [0.29, 0.717) is 16.7 Å². The van der Waals surface area contributed by atoms with Crippen LogP contribution in [0.2, 0.25) is 0 Å². The summed E-state index contributed by atoms with van der Waals surface area (Å²) in [4.78, 5) is 24.4. The molecule has 0 fully saturated rings. The second-order valence-corrected chi connectivity index (χ2v) is 6.55. The first kappa shape index (κ1) is 17.1. The van der Waals surface area contributed by atoms with E-state index in [-0.39, 0.29) is 13.2 Å². The van der Waals surface area contributed by atoms with Gasteiger partial charge in [0, 0.05) is 22.6 Å². The van der Waals surface area contributed by atoms with Crippen molar-refractivity contribution in [3.8, 4) is 5.75 Å². The highest BCUT2D eigenvalue weighted by Gasteiger charge is 2.19. The summed E-state index contributed by atoms with van der Waals surface area (Å²) < 4.78 is 16.4. The normalized spacial score (nSPS) is 12.9. The third-order valence-electron chi connectivity index (χ3n) is 4.77. The molecule has 2 aromatic carbocycles. The molecule has 2 heterocycles. The van der Waals surface area contributed by atoms with Gasteiger partial charge in [0.05, 0.1) is 5.57 Å². The predicted octanol–water partition coefficient (Wildman–Crippen LogP) is 3.93. The molecule has 4 rings (SSSR count). The van der Waals surface area contributed by atoms with Gasteiger partial charge >= 0.3 is 11.6 Å². The number of benzene rings is 2. The van der Waals surface area contributed by atoms with Crippen LogP contribution in [-0.2, 0) is 16.1 Å². The zero-order chi connectivity index (χ0) is 19.0. The summed E-state index contributed by atoms with van der Waals surface area (Å²) in [6.07, 6.45) is 1.77. The van der Waals surface area contributed by atoms with Crippen molar-refractivity contribution >= 4 is 23.0 Å². The summed E-state index contributed by atoms with van der Waals surface area (Å²) in [6.45, 7) is 4.00. The second-order valence-electron chi connectivity index (χ2n) is 6.55. The van der Waals surface area contributed by atoms with Crippen LogP contribution in [0.1, 0.15) is 22.3 Å². The van der Waals surface area contributed by atoms with Crippen molar-refractivity contribution in [1.29, 1.82) is 0 Å². The first-order valence-corrected chi connectivity index (χ1v) is 8.65. The van der Waals surface area contributed by atoms with Crippen LogP contribution in [-0.4, -0.2) is 12.6 Å². The molecule has 0 unspecified atom stereocenters. The summed E-state index contributed by atoms with van der Waals surface area (Å²) >= 11 is 0. The minimum absolute atomic E-state index is 0.0115. The van der Waals surface area contributed by atoms with Crippen molar-refractivity contribution < 1.29 is 18.7 Å². The number of para-hydroxylation sites is 1. The van der Waals surface area contributed by atoms with Crippen LogP contribution in [0.15, 0.2) is 57.2 Å². The summed E-state index contributed by atoms with van der Waals surface area (Å²) in [6, 6.07) is 12.7. The van der Waals surface area contributed by atoms with Gasteiger partial charge in [0.25, 0.3) is 0 Å². The number of fused-ring (bicyclic) bond motifs is 2. The van der Waals surface area contributed by atoms with Crippen LogP contribution in [0, 0.1) is 13.8 Å². The van der Waals surface area contributed by atoms with Crippen LogP contribution < -0.4 is 10.4 Å². The Bertz CT molecular complexity index is 1140. The highest BCUT2D eigenvalue weighted by atomic mass is 16.5. The number of esters is 1. The van der Waals surface area contributed by atoms with Gasteiger partial charge in [-0.15, -0.1) is 0 Å². The summed E-state index contributed by atoms with van der Waals surface area (Å²) in [7, 11) is 0. The monoisotopic (exact) mass is 362 g/mol. The number of ether oxygens (including phenoxy) is 2. The molecule has 0 bridgehead atoms. The van der Waals surface area contributed by atoms with Gasteiger partial charge in [-0.05, 0) is 37.1 Å². The third kappa shape index (κ3) is 3.24. The molecule has 136 valence electrons. The minimum atomic E-state index is -0.463. The van der Waals surface area contributed by atoms with Gasteiger partial charge in [0.15, 0.2) is 0 Å². The molecule has 1 aromatic heterocycles. The molecule has 0 spiro atoms. The highest BCUT2D eigenvalue weighted by Crippen LogP contribution is 2.27. The molecule has 1 aliphatic rings. The van der Waals surface area contributed by atoms with E-state index in [9.17, 15) is 9.59 Å². The fraction of sp³-hybridized carbons (Fsp3) is 0.182. The summed E-state index contributed by atoms with van der Waals surface area (Å²) in [5.41, 5.74) is 3.90. The molecule has 0 radical (unpaired) electrons. The van der Waals surface area contributed by atoms with Crippen LogP contribution in [0.25, 0.3) is 17.0 Å². The molecule has 27 heavy (non-hydrogen) atoms. The molecule has 3 aromatic rings. The quantitative estimate of drug-likeness (QED) is 0.522. The van der Waals surface area contributed by atoms with Gasteiger partial charge in [-0.2, -0.15) is 0 Å². The maximum absolute atomic E-state index is 12.5. The minimum Gasteiger partial charge on any atom is -0.488 e. The second kappa shape index (κ2) is 6.76. The van der Waals surface area contributed by atoms with E-state index in [1.165, 1.54) is 6.07 Å². The Morgan fingerprint density at radius 2 is 1.96 bits per heavy atom. The average Bonchev–Trinajstić information content (AvgIpc) is 2.68. The Hall–Kier alpha value is -3.34. The standard InChI is InChI=1S/C22H18O5/c1-13-7-8-18-16(10-20(23)27-21(18)14(13)2)11-26-22(24)17-9-15-5-3-4-6-19(15)25-12-17/h3-10H,11-12H2,1-2H3. The van der Waals surface area contributed by atoms with Crippen molar-refractivity contribution in [2.45, 2.75) is 20.5 Å². The Balaban J connectivity index is 1.59. The molecule has 0 aliphatic carbocycles. The zero-order valence-corrected chi connectivity index (χ0v) is 15.1. The van der Waals surface area contributed by atoms with E-state index in [0.717, 1.165) is 27.8 Å². The predicted molar refractivity (Wildman–Crippen MR) is 102 cm³/mol. The van der Waals surface area contributed by atoms with Crippen LogP contribution in [0.3, 0.4) is 0 Å². The van der Waals surface area contributed by atoms with Gasteiger partial charge in [-0.25, -0.2) is 9.59 Å². The molecule has 0 saturated carbocycles. The Labute approximate surface area is 155 Å². The number of hydrogen-bond acceptors (Lipinski definition) is 5. The molecule has 5 heteroatoms. The lowest BCUT2D eigenvalue weighted by Crippen LogP contribution is -2.17. The number of aryl methyl sites for hydroxylation is 2. The smallest absolute Gasteiger partial charge is 0.337 e. The van der Waals surface area contributed by atoms with E-state index >= 15 is 0 Å². The Kier molecular flexibility index (Phi) is 4.28. The van der Waals surface area contributed by atoms with Crippen molar-refractivity contribution in [3.05, 3.63) is 80.7 Å². The van der Waals surface area contributed by atoms with Gasteiger partial charge < -0.3 is 13.9 Å². The fourth-order valence-electron chi connectivity index (χ4n) is 3.11. The van der Waals surface area contributed by atoms with Crippen molar-refractivity contribution in [2.24, 2.45) is 0 Å². The van der Waals surface area contributed by atoms with E-state index in [1.54, 1.807) is 6.08 Å². The summed E-state index contributed by atoms with van der Waals surface area (Å²) in [5, 5.41) is 0.768. The van der Waals surface area contributed by atoms with Crippen molar-refractivity contribution in [3.63, 3.8) is 0 Å². The van der Waals surface area contributed by atoms with E-state index in [1.807, 2.05) is 50.2 Å². The molecular formula is C22H18O5. The molecular weight excluding hydrogens is 344 g/mol. The van der Waals surface area contributed by atoms with Crippen LogP contribution >= 0.6 is 0 Å². The first-order chi connectivity index (χ1) is 13.0. The third-order valence-corrected chi connectivity index (χ3v) is 4.77. The largest absolute Gasteiger partial charge is 0.488 e. The molecule has 0 saturated heterocycles. The molecule has 0 N–H and O–H groups in total. The topological polar surface area (TPSA) is 65.7 Å². The molecule has 1 aliphatic heterocycles. The zero-order valence-electron chi connectivity index (χ0n) is 15.1. The SMILES string of the molecule is Cc1ccc2c(COC(=O)C3=Cc4ccccc4OC3)cc(=O)oc2c1C. The molecule has 5 nitrogen and oxygen atoms in total. The number of carbonyl (C=O) groups is 1. The van der Waals surface area contributed by atoms with Crippen LogP contribution in [0.5, 0.6) is 5.75 Å². The highest BCUT2D eigenvalue weighted by molar-refractivity contribution is 5.95. The van der Waals surface area contributed by atoms with E-state index < -0.39 is 11.6 Å². The van der Waals surface area contributed by atoms with Gasteiger partial charge in [-0.3, -0.25) is 0 Å². The number of hydrogen-bond donors (Lipinski definition) is 0. The lowest BCUT2D eigenvalue weighted by Gasteiger charge is -2.17. The number of carbonyl (C=O) groups excluding carboxylic acids is 1. The number of rotatable bonds is 3. The van der Waals surface area contributed by atoms with Crippen molar-refractivity contribution in [1.82, 2.24) is 0 Å². The molecule has 0 atom stereocenters. The fourth-order valence-corrected chi connectivity index (χ4v) is 3.11. The van der Waals surface area contributed by atoms with E-state index in [4.69, 9.17) is 13.9 Å². The lowest BCUT2D eigenvalue weighted by atomic mass is 10.0. The molecule has 0 amide bonds.